The van der Waals surface area contributed by atoms with Crippen molar-refractivity contribution in [3.63, 3.8) is 0 Å². The number of aromatic hydroxyl groups is 4. The Morgan fingerprint density at radius 2 is 0.790 bits per heavy atom. The second kappa shape index (κ2) is 30.5. The molecule has 0 amide bonds. The Kier molecular flexibility index (Phi) is 23.2. The smallest absolute Gasteiger partial charge is 0.339 e. The lowest BCUT2D eigenvalue weighted by molar-refractivity contribution is -0.121. The Morgan fingerprint density at radius 1 is 0.438 bits per heavy atom. The van der Waals surface area contributed by atoms with Crippen LogP contribution in [-0.2, 0) is 25.7 Å². The number of aryl methyl sites for hydroxylation is 4. The number of rotatable bonds is 21. The molecular formula is C86H116O19. The minimum absolute atomic E-state index is 0.0280. The molecule has 0 radical (unpaired) electrons. The molecule has 4 heterocycles. The molecule has 4 aromatic carbocycles. The van der Waals surface area contributed by atoms with Crippen LogP contribution >= 0.6 is 0 Å². The summed E-state index contributed by atoms with van der Waals surface area (Å²) in [5.74, 6) is -2.42. The molecule has 0 spiro atoms. The predicted octanol–water partition coefficient (Wildman–Crippen LogP) is 17.6. The van der Waals surface area contributed by atoms with Gasteiger partial charge < -0.3 is 75.1 Å². The average Bonchev–Trinajstić information content (AvgIpc) is 1.59. The highest BCUT2D eigenvalue weighted by Gasteiger charge is 2.70. The standard InChI is InChI=1S/2C22H30O5.C22H30O4.C20H26O5/c1-5-6-7-8-13-11-15-18(19(23)16(13)21(24)25)17-14(12(2)3)9-10-22(4,26)20(17)27-15;1-5-6-7-8-13-11-15(23)18-17-14(12(2)3)9-10-22(4,26)20(17)27-19(18)16(13)21(24)25;1-5-6-7-8-12-11-14-16(19(23)15(12)20(24)25)18-17-13(21(18,2)3)9-10-22(17,4)26-14;1-5-6-11-9-13-16(17(21)14(11)19(22)23)15-12(10(2)3)7-8-20(4,24)18(15)25-13/h2*11,14,17,20,23,26H,2,5-10H2,1,3-4H3,(H,24,25);11,13,17-18,23H,5-10H2,1-4H3,(H,24,25);9,12,15,18,21,24H,2,5-8H2,1,3-4H3,(H,22,23)/t2*14-,17+,20-,22-;13-,17+,18+,22+;12-,15+,18-,20-/m0000/s1. The van der Waals surface area contributed by atoms with Gasteiger partial charge in [0.1, 0.15) is 92.2 Å². The molecule has 5 fully saturated rings. The number of ether oxygens (including phenoxy) is 4. The number of allylic oxidation sites excluding steroid dienone is 3. The van der Waals surface area contributed by atoms with Gasteiger partial charge in [0.2, 0.25) is 0 Å². The molecule has 574 valence electrons. The van der Waals surface area contributed by atoms with E-state index in [0.717, 1.165) is 124 Å². The van der Waals surface area contributed by atoms with Crippen LogP contribution in [0, 0.1) is 35.0 Å². The number of carboxylic acid groups (broad SMARTS) is 4. The molecule has 0 saturated heterocycles. The summed E-state index contributed by atoms with van der Waals surface area (Å²) in [5, 5.41) is 115. The molecule has 5 saturated carbocycles. The van der Waals surface area contributed by atoms with Crippen LogP contribution in [0.5, 0.6) is 46.0 Å². The molecule has 13 rings (SSSR count). The number of unbranched alkanes of at least 4 members (excludes halogenated alkanes) is 6. The third kappa shape index (κ3) is 14.5. The van der Waals surface area contributed by atoms with Crippen LogP contribution in [0.3, 0.4) is 0 Å². The third-order valence-corrected chi connectivity index (χ3v) is 25.6. The first kappa shape index (κ1) is 79.8. The number of carbonyl (C=O) groups is 4. The highest BCUT2D eigenvalue weighted by molar-refractivity contribution is 5.96. The van der Waals surface area contributed by atoms with Crippen molar-refractivity contribution < 1.29 is 94.3 Å². The number of carboxylic acids is 4. The third-order valence-electron chi connectivity index (χ3n) is 25.6. The van der Waals surface area contributed by atoms with E-state index in [9.17, 15) is 75.3 Å². The van der Waals surface area contributed by atoms with Crippen molar-refractivity contribution in [1.82, 2.24) is 0 Å². The highest BCUT2D eigenvalue weighted by atomic mass is 16.5. The molecule has 0 unspecified atom stereocenters. The zero-order valence-corrected chi connectivity index (χ0v) is 64.1. The second-order valence-corrected chi connectivity index (χ2v) is 33.7. The van der Waals surface area contributed by atoms with Gasteiger partial charge in [-0.15, -0.1) is 0 Å². The van der Waals surface area contributed by atoms with Gasteiger partial charge in [-0.1, -0.05) is 123 Å². The van der Waals surface area contributed by atoms with Crippen molar-refractivity contribution in [2.24, 2.45) is 35.0 Å². The Morgan fingerprint density at radius 3 is 1.16 bits per heavy atom. The highest BCUT2D eigenvalue weighted by Crippen LogP contribution is 2.75. The van der Waals surface area contributed by atoms with E-state index in [0.29, 0.717) is 107 Å². The molecule has 19 heteroatoms. The van der Waals surface area contributed by atoms with Crippen molar-refractivity contribution >= 4 is 23.9 Å². The Hall–Kier alpha value is -7.74. The lowest BCUT2D eigenvalue weighted by Gasteiger charge is -2.62. The van der Waals surface area contributed by atoms with Crippen LogP contribution < -0.4 is 18.9 Å². The molecule has 19 nitrogen and oxygen atoms in total. The summed E-state index contributed by atoms with van der Waals surface area (Å²) in [7, 11) is 0. The number of aromatic carboxylic acids is 4. The molecule has 16 atom stereocenters. The molecule has 105 heavy (non-hydrogen) atoms. The Bertz CT molecular complexity index is 4030. The zero-order chi connectivity index (χ0) is 77.2. The van der Waals surface area contributed by atoms with Crippen LogP contribution in [-0.4, -0.2) is 121 Å². The maximum atomic E-state index is 12.1. The largest absolute Gasteiger partial charge is 0.508 e. The fourth-order valence-corrected chi connectivity index (χ4v) is 20.2. The average molecular weight is 1450 g/mol. The first-order valence-electron chi connectivity index (χ1n) is 38.6. The molecule has 9 aliphatic rings. The van der Waals surface area contributed by atoms with Crippen LogP contribution in [0.1, 0.15) is 315 Å². The van der Waals surface area contributed by atoms with Gasteiger partial charge in [0.25, 0.3) is 0 Å². The molecule has 0 aromatic heterocycles. The maximum Gasteiger partial charge on any atom is 0.339 e. The van der Waals surface area contributed by atoms with Gasteiger partial charge in [-0.05, 0) is 220 Å². The van der Waals surface area contributed by atoms with E-state index in [4.69, 9.17) is 18.9 Å². The number of hydrogen-bond acceptors (Lipinski definition) is 15. The quantitative estimate of drug-likeness (QED) is 0.0273. The first-order valence-corrected chi connectivity index (χ1v) is 38.6. The number of hydrogen-bond donors (Lipinski definition) is 11. The minimum atomic E-state index is -1.14. The van der Waals surface area contributed by atoms with Crippen molar-refractivity contribution in [2.45, 2.75) is 296 Å². The van der Waals surface area contributed by atoms with Gasteiger partial charge in [-0.25, -0.2) is 19.2 Å². The molecule has 0 bridgehead atoms. The lowest BCUT2D eigenvalue weighted by atomic mass is 9.45. The van der Waals surface area contributed by atoms with Crippen LogP contribution in [0.2, 0.25) is 0 Å². The van der Waals surface area contributed by atoms with Gasteiger partial charge in [0, 0.05) is 51.8 Å². The number of phenols is 4. The summed E-state index contributed by atoms with van der Waals surface area (Å²) in [5.41, 5.74) is 4.50. The van der Waals surface area contributed by atoms with Gasteiger partial charge in [-0.3, -0.25) is 0 Å². The fourth-order valence-electron chi connectivity index (χ4n) is 20.2. The Balaban J connectivity index is 0.000000150. The Labute approximate surface area is 619 Å². The summed E-state index contributed by atoms with van der Waals surface area (Å²) < 4.78 is 24.7. The topological polar surface area (TPSA) is 328 Å². The number of phenolic OH excluding ortho intramolecular Hbond substituents is 1. The van der Waals surface area contributed by atoms with Gasteiger partial charge >= 0.3 is 23.9 Å². The summed E-state index contributed by atoms with van der Waals surface area (Å²) in [4.78, 5) is 47.7. The van der Waals surface area contributed by atoms with Crippen molar-refractivity contribution in [3.05, 3.63) is 127 Å². The number of aliphatic hydroxyl groups is 3. The molecule has 4 aliphatic heterocycles. The number of fused-ring (bicyclic) bond motifs is 11. The fraction of sp³-hybridized carbons (Fsp3) is 0.605. The monoisotopic (exact) mass is 1450 g/mol. The maximum absolute atomic E-state index is 12.1. The summed E-state index contributed by atoms with van der Waals surface area (Å²) >= 11 is 0. The minimum Gasteiger partial charge on any atom is -0.508 e. The van der Waals surface area contributed by atoms with E-state index in [1.807, 2.05) is 33.8 Å². The van der Waals surface area contributed by atoms with E-state index in [-0.39, 0.29) is 103 Å². The zero-order valence-electron chi connectivity index (χ0n) is 64.1. The van der Waals surface area contributed by atoms with Gasteiger partial charge in [0.15, 0.2) is 0 Å². The van der Waals surface area contributed by atoms with Gasteiger partial charge in [-0.2, -0.15) is 0 Å². The predicted molar refractivity (Wildman–Crippen MR) is 402 cm³/mol. The number of benzene rings is 4. The van der Waals surface area contributed by atoms with Crippen LogP contribution in [0.15, 0.2) is 60.7 Å². The first-order chi connectivity index (χ1) is 49.3. The van der Waals surface area contributed by atoms with E-state index in [1.54, 1.807) is 39.0 Å². The summed E-state index contributed by atoms with van der Waals surface area (Å²) in [6, 6.07) is 6.99. The molecule has 5 aliphatic carbocycles. The lowest BCUT2D eigenvalue weighted by Crippen LogP contribution is -2.59. The SMILES string of the molecule is C=C(C)[C@@H]1CC[C@](C)(O)[C@H]2Oc3c(C(=O)O)c(CCCCC)cc(O)c3[C@@H]12.C=C(C)[C@@H]1CC[C@](C)(O)[C@H]2Oc3cc(CCC)c(C(=O)O)c(O)c3[C@@H]12.C=C(C)[C@@H]1CC[C@](C)(O)[C@H]2Oc3cc(CCCCC)c(C(=O)O)c(O)c3[C@@H]12.CCCCCc1cc2c(c(O)c1C(=O)O)[C@@H]1[C@H]3[C@H](CC[C@@]3(C)O2)C1(C)C. The summed E-state index contributed by atoms with van der Waals surface area (Å²) in [6.07, 6.45) is 16.4. The van der Waals surface area contributed by atoms with Crippen LogP contribution in [0.4, 0.5) is 0 Å². The van der Waals surface area contributed by atoms with E-state index < -0.39 is 59.0 Å². The van der Waals surface area contributed by atoms with E-state index >= 15 is 0 Å². The summed E-state index contributed by atoms with van der Waals surface area (Å²) in [6.45, 7) is 38.2. The molecule has 11 N–H and O–H groups in total. The van der Waals surface area contributed by atoms with Crippen molar-refractivity contribution in [3.8, 4) is 46.0 Å². The van der Waals surface area contributed by atoms with E-state index in [1.165, 1.54) is 0 Å². The van der Waals surface area contributed by atoms with Crippen molar-refractivity contribution in [2.75, 3.05) is 0 Å². The normalized spacial score (nSPS) is 30.3. The van der Waals surface area contributed by atoms with Crippen molar-refractivity contribution in [1.29, 1.82) is 0 Å². The van der Waals surface area contributed by atoms with Crippen LogP contribution in [0.25, 0.3) is 0 Å². The second-order valence-electron chi connectivity index (χ2n) is 33.7. The van der Waals surface area contributed by atoms with E-state index in [2.05, 4.69) is 61.3 Å². The van der Waals surface area contributed by atoms with Gasteiger partial charge in [0.05, 0.1) is 16.8 Å². The molecule has 4 aromatic rings. The molecular weight excluding hydrogens is 1340 g/mol.